The van der Waals surface area contributed by atoms with Gasteiger partial charge in [-0.25, -0.2) is 0 Å². The van der Waals surface area contributed by atoms with Crippen LogP contribution < -0.4 is 21.7 Å². The predicted octanol–water partition coefficient (Wildman–Crippen LogP) is 2.19. The Kier molecular flexibility index (Phi) is 13.5. The second-order valence-electron chi connectivity index (χ2n) is 9.23. The van der Waals surface area contributed by atoms with Crippen LogP contribution in [-0.4, -0.2) is 47.5 Å². The number of nitrogens with one attached hydrogen (secondary N) is 3. The maximum Gasteiger partial charge on any atom is 0.243 e. The summed E-state index contributed by atoms with van der Waals surface area (Å²) in [5.41, 5.74) is 6.18. The molecule has 1 aromatic rings. The second-order valence-corrected chi connectivity index (χ2v) is 10.8. The topological polar surface area (TPSA) is 130 Å². The van der Waals surface area contributed by atoms with Crippen LogP contribution in [0.25, 0.3) is 0 Å². The number of rotatable bonds is 14. The molecule has 0 saturated carbocycles. The summed E-state index contributed by atoms with van der Waals surface area (Å²) in [5.74, 6) is -1.37. The first-order valence-electron chi connectivity index (χ1n) is 11.5. The fourth-order valence-corrected chi connectivity index (χ4v) is 3.84. The summed E-state index contributed by atoms with van der Waals surface area (Å²) in [6.45, 7) is 7.94. The summed E-state index contributed by atoms with van der Waals surface area (Å²) >= 11 is 6.26. The summed E-state index contributed by atoms with van der Waals surface area (Å²) in [5, 5.41) is 8.17. The number of nitrogens with two attached hydrogens (primary N) is 1. The highest BCUT2D eigenvalue weighted by atomic mass is 127. The van der Waals surface area contributed by atoms with Gasteiger partial charge in [-0.3, -0.25) is 19.2 Å². The van der Waals surface area contributed by atoms with Crippen molar-refractivity contribution in [3.63, 3.8) is 0 Å². The number of hydrogen-bond donors (Lipinski definition) is 5. The lowest BCUT2D eigenvalue weighted by Crippen LogP contribution is -2.57. The van der Waals surface area contributed by atoms with Crippen molar-refractivity contribution in [2.45, 2.75) is 71.5 Å². The van der Waals surface area contributed by atoms with Crippen LogP contribution >= 0.6 is 35.2 Å². The van der Waals surface area contributed by atoms with E-state index in [1.807, 2.05) is 52.0 Å². The Balaban J connectivity index is 3.09. The van der Waals surface area contributed by atoms with E-state index in [2.05, 4.69) is 51.2 Å². The Bertz CT molecular complexity index is 833. The molecule has 190 valence electrons. The smallest absolute Gasteiger partial charge is 0.243 e. The minimum atomic E-state index is -0.963. The number of amides is 4. The first-order chi connectivity index (χ1) is 15.9. The van der Waals surface area contributed by atoms with Crippen LogP contribution in [0.15, 0.2) is 24.3 Å². The molecule has 0 saturated heterocycles. The van der Waals surface area contributed by atoms with Crippen molar-refractivity contribution in [2.24, 2.45) is 17.6 Å². The summed E-state index contributed by atoms with van der Waals surface area (Å²) < 4.78 is 1.04. The third kappa shape index (κ3) is 11.5. The van der Waals surface area contributed by atoms with Gasteiger partial charge in [0.05, 0.1) is 0 Å². The highest BCUT2D eigenvalue weighted by Crippen LogP contribution is 2.12. The normalized spacial score (nSPS) is 13.8. The Morgan fingerprint density at radius 2 is 1.41 bits per heavy atom. The van der Waals surface area contributed by atoms with E-state index in [0.29, 0.717) is 18.8 Å². The molecule has 0 heterocycles. The van der Waals surface area contributed by atoms with E-state index in [1.54, 1.807) is 0 Å². The van der Waals surface area contributed by atoms with E-state index in [0.717, 1.165) is 15.6 Å². The van der Waals surface area contributed by atoms with Gasteiger partial charge in [0.1, 0.15) is 18.1 Å². The summed E-state index contributed by atoms with van der Waals surface area (Å²) in [6.07, 6.45) is 1.70. The molecular weight excluding hydrogens is 567 g/mol. The lowest BCUT2D eigenvalue weighted by molar-refractivity contribution is -0.133. The zero-order chi connectivity index (χ0) is 25.8. The van der Waals surface area contributed by atoms with Gasteiger partial charge < -0.3 is 21.7 Å². The fourth-order valence-electron chi connectivity index (χ4n) is 3.21. The Hall–Kier alpha value is -1.82. The van der Waals surface area contributed by atoms with Crippen molar-refractivity contribution in [2.75, 3.05) is 5.75 Å². The molecule has 0 bridgehead atoms. The molecule has 0 aliphatic rings. The van der Waals surface area contributed by atoms with Gasteiger partial charge in [0, 0.05) is 22.2 Å². The van der Waals surface area contributed by atoms with Gasteiger partial charge in [0.2, 0.25) is 23.6 Å². The molecule has 4 amide bonds. The quantitative estimate of drug-likeness (QED) is 0.165. The first-order valence-corrected chi connectivity index (χ1v) is 13.2. The molecule has 0 fully saturated rings. The minimum Gasteiger partial charge on any atom is -0.368 e. The number of carbonyl (C=O) groups is 4. The van der Waals surface area contributed by atoms with Crippen LogP contribution in [0.1, 0.15) is 52.5 Å². The predicted molar refractivity (Wildman–Crippen MR) is 145 cm³/mol. The molecule has 0 aliphatic carbocycles. The first kappa shape index (κ1) is 30.2. The molecule has 10 heteroatoms. The number of halogens is 1. The maximum absolute atomic E-state index is 13.2. The monoisotopic (exact) mass is 604 g/mol. The second kappa shape index (κ2) is 15.2. The van der Waals surface area contributed by atoms with Crippen LogP contribution in [0.2, 0.25) is 0 Å². The van der Waals surface area contributed by atoms with E-state index in [9.17, 15) is 19.2 Å². The van der Waals surface area contributed by atoms with E-state index >= 15 is 0 Å². The van der Waals surface area contributed by atoms with Crippen molar-refractivity contribution >= 4 is 58.8 Å². The molecule has 0 radical (unpaired) electrons. The fraction of sp³-hybridized carbons (Fsp3) is 0.583. The Morgan fingerprint density at radius 3 is 1.91 bits per heavy atom. The summed E-state index contributed by atoms with van der Waals surface area (Å²) in [6, 6.07) is 4.87. The number of benzene rings is 1. The van der Waals surface area contributed by atoms with Crippen LogP contribution in [0.3, 0.4) is 0 Å². The number of hydrogen-bond acceptors (Lipinski definition) is 5. The highest BCUT2D eigenvalue weighted by molar-refractivity contribution is 14.1. The number of thiol groups is 1. The Morgan fingerprint density at radius 1 is 0.853 bits per heavy atom. The third-order valence-electron chi connectivity index (χ3n) is 5.11. The van der Waals surface area contributed by atoms with Crippen LogP contribution in [0.4, 0.5) is 0 Å². The molecule has 8 nitrogen and oxygen atoms in total. The zero-order valence-corrected chi connectivity index (χ0v) is 23.3. The van der Waals surface area contributed by atoms with Gasteiger partial charge in [-0.2, -0.15) is 12.6 Å². The van der Waals surface area contributed by atoms with Gasteiger partial charge in [0.15, 0.2) is 0 Å². The summed E-state index contributed by atoms with van der Waals surface area (Å²) in [7, 11) is 0. The largest absolute Gasteiger partial charge is 0.368 e. The molecule has 3 atom stereocenters. The SMILES string of the molecule is CC(C)CC[C@H](NC(=O)CC(C)C)C(=O)N[C@@H](Cc1ccc(I)cc1)C(=O)N[C@@H](CS)C(N)=O. The van der Waals surface area contributed by atoms with E-state index in [1.165, 1.54) is 0 Å². The highest BCUT2D eigenvalue weighted by Gasteiger charge is 2.29. The van der Waals surface area contributed by atoms with Gasteiger partial charge in [-0.1, -0.05) is 39.8 Å². The van der Waals surface area contributed by atoms with E-state index in [-0.39, 0.29) is 24.0 Å². The minimum absolute atomic E-state index is 0.0353. The van der Waals surface area contributed by atoms with Crippen molar-refractivity contribution in [3.05, 3.63) is 33.4 Å². The molecule has 0 spiro atoms. The Labute approximate surface area is 221 Å². The van der Waals surface area contributed by atoms with Gasteiger partial charge in [-0.15, -0.1) is 0 Å². The van der Waals surface area contributed by atoms with Crippen molar-refractivity contribution in [1.82, 2.24) is 16.0 Å². The molecule has 1 aromatic carbocycles. The number of primary amides is 1. The lowest BCUT2D eigenvalue weighted by Gasteiger charge is -2.25. The van der Waals surface area contributed by atoms with E-state index in [4.69, 9.17) is 5.73 Å². The molecule has 1 rings (SSSR count). The van der Waals surface area contributed by atoms with Crippen LogP contribution in [0.5, 0.6) is 0 Å². The maximum atomic E-state index is 13.2. The third-order valence-corrected chi connectivity index (χ3v) is 6.19. The number of carbonyl (C=O) groups excluding carboxylic acids is 4. The average molecular weight is 605 g/mol. The zero-order valence-electron chi connectivity index (χ0n) is 20.3. The molecule has 0 unspecified atom stereocenters. The van der Waals surface area contributed by atoms with Crippen LogP contribution in [-0.2, 0) is 25.6 Å². The van der Waals surface area contributed by atoms with Crippen LogP contribution in [0, 0.1) is 15.4 Å². The average Bonchev–Trinajstić information content (AvgIpc) is 2.74. The van der Waals surface area contributed by atoms with Crippen molar-refractivity contribution < 1.29 is 19.2 Å². The molecule has 0 aliphatic heterocycles. The van der Waals surface area contributed by atoms with Gasteiger partial charge in [0.25, 0.3) is 0 Å². The van der Waals surface area contributed by atoms with Crippen molar-refractivity contribution in [3.8, 4) is 0 Å². The molecule has 5 N–H and O–H groups in total. The summed E-state index contributed by atoms with van der Waals surface area (Å²) in [4.78, 5) is 50.2. The lowest BCUT2D eigenvalue weighted by atomic mass is 10.0. The van der Waals surface area contributed by atoms with Gasteiger partial charge in [-0.05, 0) is 65.0 Å². The van der Waals surface area contributed by atoms with Crippen molar-refractivity contribution in [1.29, 1.82) is 0 Å². The van der Waals surface area contributed by atoms with E-state index < -0.39 is 35.8 Å². The molecule has 0 aromatic heterocycles. The molecular formula is C24H37IN4O4S. The standard InChI is InChI=1S/C24H37IN4O4S/c1-14(2)5-10-18(27-21(30)11-15(3)4)23(32)28-19(12-16-6-8-17(25)9-7-16)24(33)29-20(13-34)22(26)31/h6-9,14-15,18-20,34H,5,10-13H2,1-4H3,(H2,26,31)(H,27,30)(H,28,32)(H,29,33)/t18-,19-,20-/m0/s1. The molecule has 34 heavy (non-hydrogen) atoms. The van der Waals surface area contributed by atoms with Gasteiger partial charge >= 0.3 is 0 Å².